The Morgan fingerprint density at radius 3 is 1.73 bits per heavy atom. The maximum absolute atomic E-state index is 10.5. The largest absolute Gasteiger partial charge is 0.491 e. The monoisotopic (exact) mass is 456 g/mol. The lowest BCUT2D eigenvalue weighted by Crippen LogP contribution is -2.51. The van der Waals surface area contributed by atoms with Gasteiger partial charge in [0.2, 0.25) is 0 Å². The third kappa shape index (κ3) is 7.52. The number of aliphatic hydroxyl groups excluding tert-OH is 2. The van der Waals surface area contributed by atoms with Gasteiger partial charge in [0.25, 0.3) is 0 Å². The summed E-state index contributed by atoms with van der Waals surface area (Å²) in [5, 5.41) is 20.3. The van der Waals surface area contributed by atoms with Gasteiger partial charge in [-0.2, -0.15) is 0 Å². The van der Waals surface area contributed by atoms with Crippen molar-refractivity contribution in [1.82, 2.24) is 9.80 Å². The lowest BCUT2D eigenvalue weighted by atomic mass is 9.78. The molecule has 1 fully saturated rings. The first-order valence-corrected chi connectivity index (χ1v) is 11.9. The third-order valence-corrected chi connectivity index (χ3v) is 6.55. The number of hydrogen-bond acceptors (Lipinski definition) is 6. The number of benzene rings is 2. The molecule has 0 aromatic heterocycles. The molecule has 6 heteroatoms. The molecule has 0 aliphatic carbocycles. The number of aliphatic hydroxyl groups is 2. The van der Waals surface area contributed by atoms with E-state index in [4.69, 9.17) is 9.47 Å². The van der Waals surface area contributed by atoms with E-state index in [0.717, 1.165) is 31.9 Å². The summed E-state index contributed by atoms with van der Waals surface area (Å²) in [5.41, 5.74) is 3.69. The predicted octanol–water partition coefficient (Wildman–Crippen LogP) is 2.69. The highest BCUT2D eigenvalue weighted by atomic mass is 16.5. The van der Waals surface area contributed by atoms with Gasteiger partial charge >= 0.3 is 0 Å². The molecule has 182 valence electrons. The van der Waals surface area contributed by atoms with Crippen LogP contribution in [-0.2, 0) is 10.2 Å². The first kappa shape index (κ1) is 25.7. The average molecular weight is 457 g/mol. The van der Waals surface area contributed by atoms with Gasteiger partial charge in [0, 0.05) is 51.8 Å². The summed E-state index contributed by atoms with van der Waals surface area (Å²) in [5.74, 6) is 0.773. The summed E-state index contributed by atoms with van der Waals surface area (Å²) in [6.07, 6.45) is -0.992. The normalized spacial score (nSPS) is 17.6. The van der Waals surface area contributed by atoms with Crippen molar-refractivity contribution in [2.75, 3.05) is 59.6 Å². The standard InChI is InChI=1S/C27H40N2O4/c1-21-5-7-22(8-6-21)27(2,3)23-9-11-26(12-10-23)33-20-25(31)18-29-15-13-28(14-16-29)17-24(30)19-32-4/h5-12,24-25,30-31H,13-20H2,1-4H3. The highest BCUT2D eigenvalue weighted by molar-refractivity contribution is 5.40. The Bertz CT molecular complexity index is 830. The minimum absolute atomic E-state index is 0.0898. The molecule has 2 unspecified atom stereocenters. The van der Waals surface area contributed by atoms with Crippen molar-refractivity contribution in [3.05, 3.63) is 65.2 Å². The van der Waals surface area contributed by atoms with E-state index in [0.29, 0.717) is 19.7 Å². The van der Waals surface area contributed by atoms with Crippen molar-refractivity contribution >= 4 is 0 Å². The van der Waals surface area contributed by atoms with Gasteiger partial charge in [0.1, 0.15) is 18.5 Å². The molecule has 2 aromatic rings. The summed E-state index contributed by atoms with van der Waals surface area (Å²) in [6, 6.07) is 16.9. The molecular formula is C27H40N2O4. The first-order valence-electron chi connectivity index (χ1n) is 11.9. The van der Waals surface area contributed by atoms with Gasteiger partial charge in [0.15, 0.2) is 0 Å². The minimum atomic E-state index is -0.542. The van der Waals surface area contributed by atoms with Crippen molar-refractivity contribution in [2.24, 2.45) is 0 Å². The van der Waals surface area contributed by atoms with Crippen LogP contribution in [-0.4, -0.2) is 91.8 Å². The van der Waals surface area contributed by atoms with Crippen LogP contribution in [0, 0.1) is 6.92 Å². The average Bonchev–Trinajstić information content (AvgIpc) is 2.80. The summed E-state index contributed by atoms with van der Waals surface area (Å²) in [4.78, 5) is 4.49. The van der Waals surface area contributed by atoms with Crippen LogP contribution in [0.2, 0.25) is 0 Å². The van der Waals surface area contributed by atoms with Crippen molar-refractivity contribution < 1.29 is 19.7 Å². The zero-order valence-corrected chi connectivity index (χ0v) is 20.5. The highest BCUT2D eigenvalue weighted by Gasteiger charge is 2.23. The van der Waals surface area contributed by atoms with Gasteiger partial charge in [-0.1, -0.05) is 55.8 Å². The number of piperazine rings is 1. The number of β-amino-alcohol motifs (C(OH)–C–C–N with tert-alkyl or cyclic N) is 2. The van der Waals surface area contributed by atoms with Crippen molar-refractivity contribution in [1.29, 1.82) is 0 Å². The molecule has 0 saturated carbocycles. The Balaban J connectivity index is 1.42. The smallest absolute Gasteiger partial charge is 0.119 e. The lowest BCUT2D eigenvalue weighted by Gasteiger charge is -2.36. The van der Waals surface area contributed by atoms with Crippen LogP contribution >= 0.6 is 0 Å². The minimum Gasteiger partial charge on any atom is -0.491 e. The molecule has 0 amide bonds. The van der Waals surface area contributed by atoms with E-state index in [1.807, 2.05) is 12.1 Å². The van der Waals surface area contributed by atoms with Gasteiger partial charge in [0.05, 0.1) is 12.7 Å². The van der Waals surface area contributed by atoms with Gasteiger partial charge in [-0.15, -0.1) is 0 Å². The summed E-state index contributed by atoms with van der Waals surface area (Å²) >= 11 is 0. The first-order chi connectivity index (χ1) is 15.8. The van der Waals surface area contributed by atoms with E-state index in [2.05, 4.69) is 67.0 Å². The van der Waals surface area contributed by atoms with E-state index < -0.39 is 12.2 Å². The summed E-state index contributed by atoms with van der Waals surface area (Å²) < 4.78 is 10.9. The van der Waals surface area contributed by atoms with Crippen LogP contribution in [0.25, 0.3) is 0 Å². The van der Waals surface area contributed by atoms with Gasteiger partial charge < -0.3 is 19.7 Å². The van der Waals surface area contributed by atoms with E-state index in [-0.39, 0.29) is 12.0 Å². The molecule has 0 spiro atoms. The lowest BCUT2D eigenvalue weighted by molar-refractivity contribution is 0.0122. The molecule has 2 atom stereocenters. The Morgan fingerprint density at radius 2 is 1.24 bits per heavy atom. The zero-order chi connectivity index (χ0) is 23.8. The number of nitrogens with zero attached hydrogens (tertiary/aromatic N) is 2. The predicted molar refractivity (Wildman–Crippen MR) is 132 cm³/mol. The van der Waals surface area contributed by atoms with Crippen LogP contribution in [0.3, 0.4) is 0 Å². The molecule has 0 radical (unpaired) electrons. The Hall–Kier alpha value is -1.96. The molecule has 1 saturated heterocycles. The number of rotatable bonds is 11. The number of hydrogen-bond donors (Lipinski definition) is 2. The Morgan fingerprint density at radius 1 is 0.788 bits per heavy atom. The number of aryl methyl sites for hydroxylation is 1. The van der Waals surface area contributed by atoms with Crippen molar-refractivity contribution in [2.45, 2.75) is 38.4 Å². The zero-order valence-electron chi connectivity index (χ0n) is 20.5. The van der Waals surface area contributed by atoms with Crippen LogP contribution < -0.4 is 4.74 Å². The second-order valence-corrected chi connectivity index (χ2v) is 9.69. The van der Waals surface area contributed by atoms with Gasteiger partial charge in [-0.3, -0.25) is 9.80 Å². The Kier molecular flexibility index (Phi) is 9.29. The SMILES string of the molecule is COCC(O)CN1CCN(CC(O)COc2ccc(C(C)(C)c3ccc(C)cc3)cc2)CC1. The Labute approximate surface area is 198 Å². The number of methoxy groups -OCH3 is 1. The van der Waals surface area contributed by atoms with Crippen molar-refractivity contribution in [3.63, 3.8) is 0 Å². The van der Waals surface area contributed by atoms with E-state index in [9.17, 15) is 10.2 Å². The molecule has 2 aromatic carbocycles. The fourth-order valence-electron chi connectivity index (χ4n) is 4.35. The molecule has 3 rings (SSSR count). The van der Waals surface area contributed by atoms with Crippen LogP contribution in [0.5, 0.6) is 5.75 Å². The van der Waals surface area contributed by atoms with Crippen molar-refractivity contribution in [3.8, 4) is 5.75 Å². The molecule has 1 aliphatic rings. The fraction of sp³-hybridized carbons (Fsp3) is 0.556. The second-order valence-electron chi connectivity index (χ2n) is 9.69. The molecule has 33 heavy (non-hydrogen) atoms. The van der Waals surface area contributed by atoms with E-state index >= 15 is 0 Å². The second kappa shape index (κ2) is 12.0. The molecule has 6 nitrogen and oxygen atoms in total. The highest BCUT2D eigenvalue weighted by Crippen LogP contribution is 2.32. The number of ether oxygens (including phenoxy) is 2. The van der Waals surface area contributed by atoms with Gasteiger partial charge in [-0.25, -0.2) is 0 Å². The van der Waals surface area contributed by atoms with E-state index in [1.54, 1.807) is 7.11 Å². The summed E-state index contributed by atoms with van der Waals surface area (Å²) in [6.45, 7) is 11.9. The summed E-state index contributed by atoms with van der Waals surface area (Å²) in [7, 11) is 1.60. The van der Waals surface area contributed by atoms with E-state index in [1.165, 1.54) is 16.7 Å². The molecular weight excluding hydrogens is 416 g/mol. The van der Waals surface area contributed by atoms with Crippen LogP contribution in [0.4, 0.5) is 0 Å². The fourth-order valence-corrected chi connectivity index (χ4v) is 4.35. The molecule has 1 aliphatic heterocycles. The maximum Gasteiger partial charge on any atom is 0.119 e. The molecule has 0 bridgehead atoms. The van der Waals surface area contributed by atoms with Gasteiger partial charge in [-0.05, 0) is 30.2 Å². The van der Waals surface area contributed by atoms with Crippen LogP contribution in [0.1, 0.15) is 30.5 Å². The topological polar surface area (TPSA) is 65.4 Å². The molecule has 1 heterocycles. The molecule has 2 N–H and O–H groups in total. The maximum atomic E-state index is 10.5. The third-order valence-electron chi connectivity index (χ3n) is 6.55. The quantitative estimate of drug-likeness (QED) is 0.542. The van der Waals surface area contributed by atoms with Crippen LogP contribution in [0.15, 0.2) is 48.5 Å².